The lowest BCUT2D eigenvalue weighted by Crippen LogP contribution is -2.46. The summed E-state index contributed by atoms with van der Waals surface area (Å²) in [6.07, 6.45) is 9.93. The maximum absolute atomic E-state index is 12.6. The van der Waals surface area contributed by atoms with Gasteiger partial charge in [-0.15, -0.1) is 0 Å². The molecular weight excluding hydrogens is 352 g/mol. The molecule has 6 heteroatoms. The summed E-state index contributed by atoms with van der Waals surface area (Å²) in [4.78, 5) is 33.3. The van der Waals surface area contributed by atoms with Crippen molar-refractivity contribution in [3.8, 4) is 0 Å². The Morgan fingerprint density at radius 1 is 1.29 bits per heavy atom. The van der Waals surface area contributed by atoms with Gasteiger partial charge in [0.25, 0.3) is 0 Å². The van der Waals surface area contributed by atoms with Gasteiger partial charge in [0.1, 0.15) is 0 Å². The van der Waals surface area contributed by atoms with Gasteiger partial charge in [-0.05, 0) is 51.4 Å². The summed E-state index contributed by atoms with van der Waals surface area (Å²) < 4.78 is 0. The summed E-state index contributed by atoms with van der Waals surface area (Å²) >= 11 is 0. The number of aromatic nitrogens is 1. The van der Waals surface area contributed by atoms with Crippen LogP contribution in [0.4, 0.5) is 0 Å². The van der Waals surface area contributed by atoms with Crippen LogP contribution in [-0.4, -0.2) is 65.9 Å². The Balaban J connectivity index is 1.36. The fourth-order valence-electron chi connectivity index (χ4n) is 4.35. The SMILES string of the molecule is CN(CCCNC(=O)[C@@H]1CCC(=O)N(CCc2ccccn2)C1)C1CCCC1. The molecule has 2 amide bonds. The van der Waals surface area contributed by atoms with E-state index in [1.54, 1.807) is 6.20 Å². The highest BCUT2D eigenvalue weighted by atomic mass is 16.2. The zero-order valence-electron chi connectivity index (χ0n) is 17.1. The van der Waals surface area contributed by atoms with E-state index in [-0.39, 0.29) is 17.7 Å². The molecule has 1 N–H and O–H groups in total. The van der Waals surface area contributed by atoms with Gasteiger partial charge in [0.05, 0.1) is 5.92 Å². The number of hydrogen-bond donors (Lipinski definition) is 1. The van der Waals surface area contributed by atoms with Crippen LogP contribution < -0.4 is 5.32 Å². The highest BCUT2D eigenvalue weighted by Gasteiger charge is 2.29. The minimum absolute atomic E-state index is 0.0889. The van der Waals surface area contributed by atoms with E-state index >= 15 is 0 Å². The molecule has 0 radical (unpaired) electrons. The number of carbonyl (C=O) groups excluding carboxylic acids is 2. The predicted molar refractivity (Wildman–Crippen MR) is 110 cm³/mol. The van der Waals surface area contributed by atoms with Gasteiger partial charge in [0, 0.05) is 50.4 Å². The molecule has 154 valence electrons. The summed E-state index contributed by atoms with van der Waals surface area (Å²) in [7, 11) is 2.20. The van der Waals surface area contributed by atoms with Crippen LogP contribution >= 0.6 is 0 Å². The second-order valence-electron chi connectivity index (χ2n) is 8.21. The Morgan fingerprint density at radius 2 is 2.11 bits per heavy atom. The van der Waals surface area contributed by atoms with Crippen molar-refractivity contribution >= 4 is 11.8 Å². The van der Waals surface area contributed by atoms with Gasteiger partial charge in [-0.25, -0.2) is 0 Å². The Hall–Kier alpha value is -1.95. The van der Waals surface area contributed by atoms with Gasteiger partial charge in [-0.3, -0.25) is 14.6 Å². The van der Waals surface area contributed by atoms with Gasteiger partial charge in [-0.1, -0.05) is 18.9 Å². The number of carbonyl (C=O) groups is 2. The first-order valence-corrected chi connectivity index (χ1v) is 10.8. The number of likely N-dealkylation sites (tertiary alicyclic amines) is 1. The summed E-state index contributed by atoms with van der Waals surface area (Å²) in [5.41, 5.74) is 0.980. The van der Waals surface area contributed by atoms with Crippen LogP contribution in [0, 0.1) is 5.92 Å². The average molecular weight is 387 g/mol. The monoisotopic (exact) mass is 386 g/mol. The Morgan fingerprint density at radius 3 is 2.86 bits per heavy atom. The van der Waals surface area contributed by atoms with Crippen LogP contribution in [0.2, 0.25) is 0 Å². The average Bonchev–Trinajstić information content (AvgIpc) is 3.26. The predicted octanol–water partition coefficient (Wildman–Crippen LogP) is 2.24. The van der Waals surface area contributed by atoms with Crippen LogP contribution in [0.3, 0.4) is 0 Å². The van der Waals surface area contributed by atoms with Crippen LogP contribution in [-0.2, 0) is 16.0 Å². The van der Waals surface area contributed by atoms with Gasteiger partial charge in [0.15, 0.2) is 0 Å². The molecule has 1 atom stereocenters. The van der Waals surface area contributed by atoms with E-state index in [2.05, 4.69) is 22.2 Å². The molecule has 0 spiro atoms. The number of pyridine rings is 1. The molecule has 28 heavy (non-hydrogen) atoms. The van der Waals surface area contributed by atoms with E-state index in [0.717, 1.165) is 31.1 Å². The number of nitrogens with one attached hydrogen (secondary N) is 1. The third-order valence-corrected chi connectivity index (χ3v) is 6.17. The molecule has 2 heterocycles. The summed E-state index contributed by atoms with van der Waals surface area (Å²) in [6.45, 7) is 2.91. The Kier molecular flexibility index (Phi) is 7.83. The molecule has 2 aliphatic rings. The number of nitrogens with zero attached hydrogens (tertiary/aromatic N) is 3. The largest absolute Gasteiger partial charge is 0.356 e. The van der Waals surface area contributed by atoms with Gasteiger partial charge in [0.2, 0.25) is 11.8 Å². The molecule has 1 saturated heterocycles. The van der Waals surface area contributed by atoms with Crippen LogP contribution in [0.5, 0.6) is 0 Å². The quantitative estimate of drug-likeness (QED) is 0.661. The van der Waals surface area contributed by atoms with Crippen LogP contribution in [0.1, 0.15) is 50.6 Å². The van der Waals surface area contributed by atoms with Crippen molar-refractivity contribution in [1.29, 1.82) is 0 Å². The lowest BCUT2D eigenvalue weighted by molar-refractivity contribution is -0.138. The van der Waals surface area contributed by atoms with E-state index in [4.69, 9.17) is 0 Å². The van der Waals surface area contributed by atoms with Crippen molar-refractivity contribution in [2.45, 2.75) is 57.4 Å². The van der Waals surface area contributed by atoms with Gasteiger partial charge >= 0.3 is 0 Å². The molecular formula is C22H34N4O2. The van der Waals surface area contributed by atoms with Crippen molar-refractivity contribution in [2.24, 2.45) is 5.92 Å². The number of amides is 2. The smallest absolute Gasteiger partial charge is 0.224 e. The van der Waals surface area contributed by atoms with Crippen molar-refractivity contribution in [2.75, 3.05) is 33.2 Å². The van der Waals surface area contributed by atoms with Crippen LogP contribution in [0.25, 0.3) is 0 Å². The maximum Gasteiger partial charge on any atom is 0.224 e. The standard InChI is InChI=1S/C22H34N4O2/c1-25(20-8-2-3-9-20)15-6-14-24-22(28)18-10-11-21(27)26(17-18)16-12-19-7-4-5-13-23-19/h4-5,7,13,18,20H,2-3,6,8-12,14-17H2,1H3,(H,24,28)/t18-/m1/s1. The third-order valence-electron chi connectivity index (χ3n) is 6.17. The molecule has 2 fully saturated rings. The Bertz CT molecular complexity index is 631. The van der Waals surface area contributed by atoms with Crippen molar-refractivity contribution in [1.82, 2.24) is 20.1 Å². The second kappa shape index (κ2) is 10.6. The maximum atomic E-state index is 12.6. The second-order valence-corrected chi connectivity index (χ2v) is 8.21. The summed E-state index contributed by atoms with van der Waals surface area (Å²) in [5, 5.41) is 3.09. The van der Waals surface area contributed by atoms with Gasteiger partial charge in [-0.2, -0.15) is 0 Å². The fourth-order valence-corrected chi connectivity index (χ4v) is 4.35. The van der Waals surface area contributed by atoms with E-state index in [9.17, 15) is 9.59 Å². The molecule has 0 aromatic carbocycles. The van der Waals surface area contributed by atoms with Crippen molar-refractivity contribution < 1.29 is 9.59 Å². The summed E-state index contributed by atoms with van der Waals surface area (Å²) in [6, 6.07) is 6.55. The topological polar surface area (TPSA) is 65.5 Å². The van der Waals surface area contributed by atoms with Crippen molar-refractivity contribution in [3.05, 3.63) is 30.1 Å². The molecule has 1 saturated carbocycles. The zero-order valence-corrected chi connectivity index (χ0v) is 17.1. The highest BCUT2D eigenvalue weighted by molar-refractivity contribution is 5.83. The molecule has 6 nitrogen and oxygen atoms in total. The molecule has 1 aliphatic heterocycles. The minimum atomic E-state index is -0.0889. The first-order valence-electron chi connectivity index (χ1n) is 10.8. The number of piperidine rings is 1. The van der Waals surface area contributed by atoms with Crippen molar-refractivity contribution in [3.63, 3.8) is 0 Å². The van der Waals surface area contributed by atoms with E-state index in [1.165, 1.54) is 25.7 Å². The fraction of sp³-hybridized carbons (Fsp3) is 0.682. The Labute approximate surface area is 168 Å². The van der Waals surface area contributed by atoms with E-state index < -0.39 is 0 Å². The molecule has 1 aromatic heterocycles. The zero-order chi connectivity index (χ0) is 19.8. The van der Waals surface area contributed by atoms with Gasteiger partial charge < -0.3 is 15.1 Å². The number of hydrogen-bond acceptors (Lipinski definition) is 4. The van der Waals surface area contributed by atoms with E-state index in [0.29, 0.717) is 32.5 Å². The number of rotatable bonds is 9. The summed E-state index contributed by atoms with van der Waals surface area (Å²) in [5.74, 6) is 0.158. The lowest BCUT2D eigenvalue weighted by Gasteiger charge is -2.32. The first-order chi connectivity index (χ1) is 13.6. The van der Waals surface area contributed by atoms with E-state index in [1.807, 2.05) is 23.1 Å². The van der Waals surface area contributed by atoms with Crippen LogP contribution in [0.15, 0.2) is 24.4 Å². The highest BCUT2D eigenvalue weighted by Crippen LogP contribution is 2.22. The molecule has 1 aliphatic carbocycles. The minimum Gasteiger partial charge on any atom is -0.356 e. The molecule has 0 bridgehead atoms. The lowest BCUT2D eigenvalue weighted by atomic mass is 9.96. The molecule has 3 rings (SSSR count). The first kappa shape index (κ1) is 20.8. The third kappa shape index (κ3) is 6.03. The molecule has 1 aromatic rings. The molecule has 0 unspecified atom stereocenters. The normalized spacial score (nSPS) is 20.7.